The SMILES string of the molecule is Cl.O=C1Cc2cccnc2N1N1CCCCC1. The number of carbonyl (C=O) groups is 1. The number of halogens is 1. The summed E-state index contributed by atoms with van der Waals surface area (Å²) < 4.78 is 0. The summed E-state index contributed by atoms with van der Waals surface area (Å²) in [6, 6.07) is 3.88. The van der Waals surface area contributed by atoms with E-state index >= 15 is 0 Å². The van der Waals surface area contributed by atoms with Crippen LogP contribution < -0.4 is 5.01 Å². The minimum absolute atomic E-state index is 0. The number of fused-ring (bicyclic) bond motifs is 1. The standard InChI is InChI=1S/C12H15N3O.ClH/c16-11-9-10-5-4-6-13-12(10)15(11)14-7-2-1-3-8-14;/h4-6H,1-3,7-9H2;1H. The number of pyridine rings is 1. The third-order valence-corrected chi connectivity index (χ3v) is 3.26. The Morgan fingerprint density at radius 1 is 1.18 bits per heavy atom. The minimum atomic E-state index is 0. The van der Waals surface area contributed by atoms with Crippen LogP contribution in [0.25, 0.3) is 0 Å². The van der Waals surface area contributed by atoms with Gasteiger partial charge in [-0.05, 0) is 18.9 Å². The van der Waals surface area contributed by atoms with Crippen LogP contribution >= 0.6 is 12.4 Å². The van der Waals surface area contributed by atoms with Crippen LogP contribution in [0.2, 0.25) is 0 Å². The summed E-state index contributed by atoms with van der Waals surface area (Å²) in [5, 5.41) is 3.93. The van der Waals surface area contributed by atoms with Gasteiger partial charge in [0.2, 0.25) is 5.91 Å². The molecule has 2 aliphatic heterocycles. The van der Waals surface area contributed by atoms with Gasteiger partial charge in [-0.1, -0.05) is 12.5 Å². The molecule has 3 heterocycles. The Morgan fingerprint density at radius 2 is 1.94 bits per heavy atom. The highest BCUT2D eigenvalue weighted by Crippen LogP contribution is 2.28. The molecule has 4 nitrogen and oxygen atoms in total. The number of hydrogen-bond donors (Lipinski definition) is 0. The van der Waals surface area contributed by atoms with Crippen molar-refractivity contribution >= 4 is 24.1 Å². The van der Waals surface area contributed by atoms with E-state index in [9.17, 15) is 4.79 Å². The van der Waals surface area contributed by atoms with Crippen LogP contribution in [0.3, 0.4) is 0 Å². The van der Waals surface area contributed by atoms with Gasteiger partial charge in [0.05, 0.1) is 6.42 Å². The molecular formula is C12H16ClN3O. The molecule has 1 saturated heterocycles. The maximum atomic E-state index is 12.0. The molecule has 1 fully saturated rings. The Kier molecular flexibility index (Phi) is 3.64. The molecule has 0 spiro atoms. The van der Waals surface area contributed by atoms with E-state index < -0.39 is 0 Å². The molecule has 0 atom stereocenters. The Hall–Kier alpha value is -1.13. The van der Waals surface area contributed by atoms with E-state index in [1.54, 1.807) is 11.2 Å². The number of hydrazine groups is 1. The number of carbonyl (C=O) groups excluding carboxylic acids is 1. The maximum absolute atomic E-state index is 12.0. The van der Waals surface area contributed by atoms with Crippen LogP contribution in [0, 0.1) is 0 Å². The van der Waals surface area contributed by atoms with E-state index in [1.807, 2.05) is 12.1 Å². The molecule has 5 heteroatoms. The number of hydrogen-bond acceptors (Lipinski definition) is 3. The average Bonchev–Trinajstić information content (AvgIpc) is 2.66. The zero-order valence-electron chi connectivity index (χ0n) is 9.63. The van der Waals surface area contributed by atoms with E-state index in [2.05, 4.69) is 9.99 Å². The summed E-state index contributed by atoms with van der Waals surface area (Å²) in [5.41, 5.74) is 1.05. The monoisotopic (exact) mass is 253 g/mol. The lowest BCUT2D eigenvalue weighted by molar-refractivity contribution is -0.120. The number of rotatable bonds is 1. The van der Waals surface area contributed by atoms with E-state index in [0.29, 0.717) is 6.42 Å². The lowest BCUT2D eigenvalue weighted by Gasteiger charge is -2.34. The predicted molar refractivity (Wildman–Crippen MR) is 68.1 cm³/mol. The van der Waals surface area contributed by atoms with Gasteiger partial charge in [0, 0.05) is 24.8 Å². The van der Waals surface area contributed by atoms with Gasteiger partial charge in [-0.2, -0.15) is 0 Å². The largest absolute Gasteiger partial charge is 0.273 e. The molecule has 0 aliphatic carbocycles. The molecule has 1 aromatic rings. The van der Waals surface area contributed by atoms with Crippen molar-refractivity contribution in [2.75, 3.05) is 18.1 Å². The second-order valence-electron chi connectivity index (χ2n) is 4.38. The van der Waals surface area contributed by atoms with Gasteiger partial charge >= 0.3 is 0 Å². The zero-order chi connectivity index (χ0) is 11.0. The number of amides is 1. The molecule has 3 rings (SSSR count). The Labute approximate surface area is 107 Å². The van der Waals surface area contributed by atoms with Crippen LogP contribution in [0.4, 0.5) is 5.82 Å². The van der Waals surface area contributed by atoms with Crippen LogP contribution in [-0.2, 0) is 11.2 Å². The average molecular weight is 254 g/mol. The molecule has 17 heavy (non-hydrogen) atoms. The molecular weight excluding hydrogens is 238 g/mol. The third kappa shape index (κ3) is 2.15. The van der Waals surface area contributed by atoms with Crippen LogP contribution in [-0.4, -0.2) is 29.0 Å². The van der Waals surface area contributed by atoms with Gasteiger partial charge in [0.15, 0.2) is 5.82 Å². The highest BCUT2D eigenvalue weighted by molar-refractivity contribution is 5.99. The highest BCUT2D eigenvalue weighted by Gasteiger charge is 2.33. The van der Waals surface area contributed by atoms with Crippen molar-refractivity contribution < 1.29 is 4.79 Å². The molecule has 2 aliphatic rings. The minimum Gasteiger partial charge on any atom is -0.273 e. The van der Waals surface area contributed by atoms with Crippen molar-refractivity contribution in [1.29, 1.82) is 0 Å². The van der Waals surface area contributed by atoms with E-state index in [4.69, 9.17) is 0 Å². The van der Waals surface area contributed by atoms with Crippen molar-refractivity contribution in [2.45, 2.75) is 25.7 Å². The van der Waals surface area contributed by atoms with Crippen LogP contribution in [0.5, 0.6) is 0 Å². The molecule has 1 aromatic heterocycles. The Bertz CT molecular complexity index is 418. The van der Waals surface area contributed by atoms with Crippen molar-refractivity contribution in [3.63, 3.8) is 0 Å². The van der Waals surface area contributed by atoms with Gasteiger partial charge in [-0.25, -0.2) is 15.0 Å². The lowest BCUT2D eigenvalue weighted by atomic mass is 10.2. The molecule has 0 N–H and O–H groups in total. The number of aromatic nitrogens is 1. The molecule has 1 amide bonds. The van der Waals surface area contributed by atoms with Crippen molar-refractivity contribution in [3.05, 3.63) is 23.9 Å². The van der Waals surface area contributed by atoms with Crippen LogP contribution in [0.15, 0.2) is 18.3 Å². The number of nitrogens with zero attached hydrogens (tertiary/aromatic N) is 3. The number of piperidine rings is 1. The summed E-state index contributed by atoms with van der Waals surface area (Å²) in [6.07, 6.45) is 5.87. The Balaban J connectivity index is 0.00000108. The normalized spacial score (nSPS) is 20.0. The van der Waals surface area contributed by atoms with Crippen molar-refractivity contribution in [1.82, 2.24) is 9.99 Å². The Morgan fingerprint density at radius 3 is 2.71 bits per heavy atom. The smallest absolute Gasteiger partial charge is 0.247 e. The van der Waals surface area contributed by atoms with Gasteiger partial charge in [0.1, 0.15) is 0 Å². The van der Waals surface area contributed by atoms with Gasteiger partial charge in [-0.3, -0.25) is 4.79 Å². The first-order valence-corrected chi connectivity index (χ1v) is 5.88. The first kappa shape index (κ1) is 12.3. The fraction of sp³-hybridized carbons (Fsp3) is 0.500. The molecule has 0 bridgehead atoms. The first-order valence-electron chi connectivity index (χ1n) is 5.88. The molecule has 0 saturated carbocycles. The van der Waals surface area contributed by atoms with Crippen molar-refractivity contribution in [2.24, 2.45) is 0 Å². The zero-order valence-corrected chi connectivity index (χ0v) is 10.4. The van der Waals surface area contributed by atoms with Crippen LogP contribution in [0.1, 0.15) is 24.8 Å². The summed E-state index contributed by atoms with van der Waals surface area (Å²) >= 11 is 0. The third-order valence-electron chi connectivity index (χ3n) is 3.26. The fourth-order valence-electron chi connectivity index (χ4n) is 2.48. The molecule has 0 radical (unpaired) electrons. The van der Waals surface area contributed by atoms with Gasteiger partial charge in [-0.15, -0.1) is 12.4 Å². The first-order chi connectivity index (χ1) is 7.86. The summed E-state index contributed by atoms with van der Waals surface area (Å²) in [5.74, 6) is 1.00. The highest BCUT2D eigenvalue weighted by atomic mass is 35.5. The van der Waals surface area contributed by atoms with Gasteiger partial charge < -0.3 is 0 Å². The quantitative estimate of drug-likeness (QED) is 0.766. The van der Waals surface area contributed by atoms with E-state index in [0.717, 1.165) is 24.5 Å². The van der Waals surface area contributed by atoms with E-state index in [-0.39, 0.29) is 18.3 Å². The topological polar surface area (TPSA) is 36.4 Å². The molecule has 92 valence electrons. The predicted octanol–water partition coefficient (Wildman–Crippen LogP) is 1.79. The number of anilines is 1. The summed E-state index contributed by atoms with van der Waals surface area (Å²) in [4.78, 5) is 16.3. The summed E-state index contributed by atoms with van der Waals surface area (Å²) in [6.45, 7) is 1.95. The lowest BCUT2D eigenvalue weighted by Crippen LogP contribution is -2.47. The second-order valence-corrected chi connectivity index (χ2v) is 4.38. The van der Waals surface area contributed by atoms with E-state index in [1.165, 1.54) is 19.3 Å². The van der Waals surface area contributed by atoms with Crippen molar-refractivity contribution in [3.8, 4) is 0 Å². The maximum Gasteiger partial charge on any atom is 0.247 e. The summed E-state index contributed by atoms with van der Waals surface area (Å²) in [7, 11) is 0. The van der Waals surface area contributed by atoms with Gasteiger partial charge in [0.25, 0.3) is 0 Å². The second kappa shape index (κ2) is 5.02. The fourth-order valence-corrected chi connectivity index (χ4v) is 2.48. The molecule has 0 unspecified atom stereocenters. The molecule has 0 aromatic carbocycles.